The summed E-state index contributed by atoms with van der Waals surface area (Å²) in [4.78, 5) is 18.8. The Labute approximate surface area is 267 Å². The lowest BCUT2D eigenvalue weighted by atomic mass is 9.94. The summed E-state index contributed by atoms with van der Waals surface area (Å²) in [6.45, 7) is 9.09. The molecule has 0 saturated heterocycles. The Morgan fingerprint density at radius 1 is 0.977 bits per heavy atom. The van der Waals surface area contributed by atoms with Gasteiger partial charge in [-0.05, 0) is 74.7 Å². The molecule has 1 amide bonds. The largest absolute Gasteiger partial charge is 0.492 e. The number of allylic oxidation sites excluding steroid dienone is 1. The molecule has 0 saturated carbocycles. The second kappa shape index (κ2) is 14.5. The minimum absolute atomic E-state index is 0.280. The zero-order valence-electron chi connectivity index (χ0n) is 25.2. The number of nitrogens with one attached hydrogen (secondary N) is 2. The number of anilines is 2. The SMILES string of the molecule is CCCSc1nc2n(n1)C(c1ccc(OCc3ccc(Cl)cc3)c(OCC)c1)C(C(=O)Nc1ccccc1OCC)=C(C)N2. The molecule has 2 heterocycles. The molecule has 2 N–H and O–H groups in total. The predicted molar refractivity (Wildman–Crippen MR) is 175 cm³/mol. The fraction of sp³-hybridized carbons (Fsp3) is 0.303. The van der Waals surface area contributed by atoms with Crippen molar-refractivity contribution in [2.45, 2.75) is 51.9 Å². The third kappa shape index (κ3) is 7.14. The van der Waals surface area contributed by atoms with Gasteiger partial charge in [0.25, 0.3) is 5.91 Å². The molecule has 9 nitrogen and oxygen atoms in total. The van der Waals surface area contributed by atoms with Gasteiger partial charge in [-0.15, -0.1) is 5.10 Å². The van der Waals surface area contributed by atoms with Crippen molar-refractivity contribution in [2.24, 2.45) is 0 Å². The minimum atomic E-state index is -0.585. The van der Waals surface area contributed by atoms with E-state index in [9.17, 15) is 4.79 Å². The fourth-order valence-electron chi connectivity index (χ4n) is 4.85. The van der Waals surface area contributed by atoms with E-state index in [0.29, 0.717) is 70.2 Å². The molecular weight excluding hydrogens is 598 g/mol. The number of benzene rings is 3. The zero-order valence-corrected chi connectivity index (χ0v) is 26.8. The molecule has 0 spiro atoms. The first-order chi connectivity index (χ1) is 21.4. The first-order valence-corrected chi connectivity index (χ1v) is 16.0. The van der Waals surface area contributed by atoms with Crippen molar-refractivity contribution in [3.05, 3.63) is 94.1 Å². The van der Waals surface area contributed by atoms with E-state index < -0.39 is 6.04 Å². The van der Waals surface area contributed by atoms with Crippen LogP contribution in [0.1, 0.15) is 51.3 Å². The number of hydrogen-bond acceptors (Lipinski definition) is 8. The van der Waals surface area contributed by atoms with Crippen LogP contribution < -0.4 is 24.8 Å². The Morgan fingerprint density at radius 2 is 1.73 bits per heavy atom. The van der Waals surface area contributed by atoms with Gasteiger partial charge in [-0.1, -0.05) is 60.6 Å². The lowest BCUT2D eigenvalue weighted by Crippen LogP contribution is -2.31. The molecule has 1 aliphatic rings. The highest BCUT2D eigenvalue weighted by molar-refractivity contribution is 7.99. The van der Waals surface area contributed by atoms with Gasteiger partial charge in [0.1, 0.15) is 18.4 Å². The maximum atomic E-state index is 14.1. The average molecular weight is 634 g/mol. The molecule has 1 aliphatic heterocycles. The Morgan fingerprint density at radius 3 is 2.48 bits per heavy atom. The third-order valence-electron chi connectivity index (χ3n) is 6.84. The quantitative estimate of drug-likeness (QED) is 0.144. The number of para-hydroxylation sites is 2. The average Bonchev–Trinajstić information content (AvgIpc) is 3.43. The van der Waals surface area contributed by atoms with Crippen molar-refractivity contribution < 1.29 is 19.0 Å². The van der Waals surface area contributed by atoms with Crippen molar-refractivity contribution in [2.75, 3.05) is 29.6 Å². The van der Waals surface area contributed by atoms with Crippen molar-refractivity contribution in [1.82, 2.24) is 14.8 Å². The smallest absolute Gasteiger partial charge is 0.255 e. The third-order valence-corrected chi connectivity index (χ3v) is 8.13. The number of carbonyl (C=O) groups is 1. The number of fused-ring (bicyclic) bond motifs is 1. The number of halogens is 1. The Hall–Kier alpha value is -4.15. The lowest BCUT2D eigenvalue weighted by Gasteiger charge is -2.29. The summed E-state index contributed by atoms with van der Waals surface area (Å²) in [5.41, 5.74) is 3.54. The number of carbonyl (C=O) groups excluding carboxylic acids is 1. The van der Waals surface area contributed by atoms with Crippen LogP contribution in [0.5, 0.6) is 17.2 Å². The fourth-order valence-corrected chi connectivity index (χ4v) is 5.66. The van der Waals surface area contributed by atoms with E-state index >= 15 is 0 Å². The molecule has 3 aromatic carbocycles. The van der Waals surface area contributed by atoms with Gasteiger partial charge < -0.3 is 24.8 Å². The molecule has 44 heavy (non-hydrogen) atoms. The standard InChI is InChI=1S/C33H36ClN5O4S/c1-5-18-44-33-37-32-35-21(4)29(31(40)36-25-10-8-9-11-26(25)41-6-2)30(39(32)38-33)23-14-17-27(28(19-23)42-7-3)43-20-22-12-15-24(34)16-13-22/h8-17,19,30H,5-7,18,20H2,1-4H3,(H,36,40)(H,35,37,38). The Bertz CT molecular complexity index is 1640. The lowest BCUT2D eigenvalue weighted by molar-refractivity contribution is -0.113. The number of ether oxygens (including phenoxy) is 3. The van der Waals surface area contributed by atoms with Gasteiger partial charge in [0.15, 0.2) is 11.5 Å². The summed E-state index contributed by atoms with van der Waals surface area (Å²) < 4.78 is 19.7. The number of thioether (sulfide) groups is 1. The van der Waals surface area contributed by atoms with Gasteiger partial charge in [0.05, 0.1) is 24.5 Å². The second-order valence-corrected chi connectivity index (χ2v) is 11.5. The van der Waals surface area contributed by atoms with Crippen LogP contribution in [0, 0.1) is 0 Å². The summed E-state index contributed by atoms with van der Waals surface area (Å²) in [7, 11) is 0. The van der Waals surface area contributed by atoms with Gasteiger partial charge in [-0.2, -0.15) is 4.98 Å². The Kier molecular flexibility index (Phi) is 10.3. The molecule has 1 unspecified atom stereocenters. The monoisotopic (exact) mass is 633 g/mol. The van der Waals surface area contributed by atoms with Crippen molar-refractivity contribution in [1.29, 1.82) is 0 Å². The summed E-state index contributed by atoms with van der Waals surface area (Å²) in [6, 6.07) is 20.1. The van der Waals surface area contributed by atoms with Crippen LogP contribution in [0.2, 0.25) is 5.02 Å². The van der Waals surface area contributed by atoms with E-state index in [2.05, 4.69) is 17.6 Å². The van der Waals surface area contributed by atoms with Crippen LogP contribution >= 0.6 is 23.4 Å². The van der Waals surface area contributed by atoms with Crippen LogP contribution in [0.4, 0.5) is 11.6 Å². The van der Waals surface area contributed by atoms with E-state index in [-0.39, 0.29) is 5.91 Å². The highest BCUT2D eigenvalue weighted by Gasteiger charge is 2.35. The first-order valence-electron chi connectivity index (χ1n) is 14.7. The normalized spacial score (nSPS) is 14.1. The summed E-state index contributed by atoms with van der Waals surface area (Å²) in [5.74, 6) is 2.93. The summed E-state index contributed by atoms with van der Waals surface area (Å²) >= 11 is 7.62. The van der Waals surface area contributed by atoms with Gasteiger partial charge >= 0.3 is 0 Å². The zero-order chi connectivity index (χ0) is 31.1. The molecule has 0 radical (unpaired) electrons. The number of amides is 1. The maximum Gasteiger partial charge on any atom is 0.255 e. The van der Waals surface area contributed by atoms with Crippen LogP contribution in [-0.4, -0.2) is 39.6 Å². The molecular formula is C33H36ClN5O4S. The van der Waals surface area contributed by atoms with Crippen LogP contribution in [0.15, 0.2) is 83.2 Å². The Balaban J connectivity index is 1.53. The molecule has 0 bridgehead atoms. The topological polar surface area (TPSA) is 99.5 Å². The van der Waals surface area contributed by atoms with Gasteiger partial charge in [0.2, 0.25) is 11.1 Å². The van der Waals surface area contributed by atoms with E-state index in [1.807, 2.05) is 87.5 Å². The van der Waals surface area contributed by atoms with Crippen LogP contribution in [-0.2, 0) is 11.4 Å². The molecule has 0 fully saturated rings. The molecule has 230 valence electrons. The number of aromatic nitrogens is 3. The summed E-state index contributed by atoms with van der Waals surface area (Å²) in [6.07, 6.45) is 0.991. The second-order valence-electron chi connectivity index (χ2n) is 10.0. The highest BCUT2D eigenvalue weighted by atomic mass is 35.5. The van der Waals surface area contributed by atoms with E-state index in [1.165, 1.54) is 0 Å². The van der Waals surface area contributed by atoms with E-state index in [4.69, 9.17) is 35.9 Å². The summed E-state index contributed by atoms with van der Waals surface area (Å²) in [5, 5.41) is 12.5. The van der Waals surface area contributed by atoms with Crippen molar-refractivity contribution in [3.8, 4) is 17.2 Å². The molecule has 0 aliphatic carbocycles. The highest BCUT2D eigenvalue weighted by Crippen LogP contribution is 2.40. The van der Waals surface area contributed by atoms with Crippen LogP contribution in [0.3, 0.4) is 0 Å². The van der Waals surface area contributed by atoms with Crippen molar-refractivity contribution in [3.63, 3.8) is 0 Å². The van der Waals surface area contributed by atoms with E-state index in [0.717, 1.165) is 23.3 Å². The number of nitrogens with zero attached hydrogens (tertiary/aromatic N) is 3. The van der Waals surface area contributed by atoms with Crippen molar-refractivity contribution >= 4 is 40.9 Å². The number of hydrogen-bond donors (Lipinski definition) is 2. The predicted octanol–water partition coefficient (Wildman–Crippen LogP) is 7.74. The molecule has 11 heteroatoms. The van der Waals surface area contributed by atoms with Crippen LogP contribution in [0.25, 0.3) is 0 Å². The number of rotatable bonds is 13. The van der Waals surface area contributed by atoms with Gasteiger partial charge in [-0.3, -0.25) is 4.79 Å². The molecule has 1 atom stereocenters. The molecule has 1 aromatic heterocycles. The van der Waals surface area contributed by atoms with Gasteiger partial charge in [0, 0.05) is 16.5 Å². The molecule has 4 aromatic rings. The molecule has 5 rings (SSSR count). The van der Waals surface area contributed by atoms with Gasteiger partial charge in [-0.25, -0.2) is 4.68 Å². The van der Waals surface area contributed by atoms with E-state index in [1.54, 1.807) is 16.4 Å². The maximum absolute atomic E-state index is 14.1. The first kappa shape index (κ1) is 31.3. The minimum Gasteiger partial charge on any atom is -0.492 e.